The third-order valence-electron chi connectivity index (χ3n) is 2.87. The van der Waals surface area contributed by atoms with E-state index in [1.807, 2.05) is 20.9 Å². The minimum atomic E-state index is -0.684. The van der Waals surface area contributed by atoms with E-state index >= 15 is 0 Å². The van der Waals surface area contributed by atoms with Crippen molar-refractivity contribution in [2.45, 2.75) is 13.8 Å². The van der Waals surface area contributed by atoms with Gasteiger partial charge in [-0.1, -0.05) is 0 Å². The first-order valence-electron chi connectivity index (χ1n) is 5.73. The summed E-state index contributed by atoms with van der Waals surface area (Å²) in [5, 5.41) is 8.19. The zero-order valence-electron chi connectivity index (χ0n) is 10.9. The summed E-state index contributed by atoms with van der Waals surface area (Å²) in [6.07, 6.45) is 1.57. The molecule has 1 aromatic carbocycles. The predicted octanol–water partition coefficient (Wildman–Crippen LogP) is 2.76. The Balaban J connectivity index is 2.16. The van der Waals surface area contributed by atoms with Gasteiger partial charge in [-0.05, 0) is 26.0 Å². The average molecular weight is 264 g/mol. The normalized spacial score (nSPS) is 11.2. The van der Waals surface area contributed by atoms with Crippen LogP contribution in [0.5, 0.6) is 0 Å². The molecule has 1 aromatic heterocycles. The Labute approximate surface area is 109 Å². The number of aryl methyl sites for hydroxylation is 2. The Morgan fingerprint density at radius 3 is 2.63 bits per heavy atom. The van der Waals surface area contributed by atoms with Crippen molar-refractivity contribution in [1.82, 2.24) is 9.78 Å². The number of anilines is 1. The van der Waals surface area contributed by atoms with E-state index in [0.29, 0.717) is 0 Å². The molecule has 6 heteroatoms. The van der Waals surface area contributed by atoms with Gasteiger partial charge in [0.2, 0.25) is 0 Å². The number of aromatic nitrogens is 2. The molecule has 0 aliphatic heterocycles. The van der Waals surface area contributed by atoms with E-state index in [0.717, 1.165) is 23.0 Å². The molecule has 0 saturated heterocycles. The highest BCUT2D eigenvalue weighted by Crippen LogP contribution is 2.15. The van der Waals surface area contributed by atoms with E-state index in [9.17, 15) is 8.78 Å². The molecule has 0 aliphatic rings. The van der Waals surface area contributed by atoms with Gasteiger partial charge in [-0.3, -0.25) is 10.1 Å². The summed E-state index contributed by atoms with van der Waals surface area (Å²) >= 11 is 0. The first-order valence-corrected chi connectivity index (χ1v) is 5.73. The second-order valence-corrected chi connectivity index (χ2v) is 4.20. The molecule has 1 N–H and O–H groups in total. The second kappa shape index (κ2) is 5.17. The fourth-order valence-electron chi connectivity index (χ4n) is 1.72. The van der Waals surface area contributed by atoms with Gasteiger partial charge in [0.05, 0.1) is 17.6 Å². The van der Waals surface area contributed by atoms with E-state index in [1.165, 1.54) is 12.1 Å². The molecule has 1 heterocycles. The fraction of sp³-hybridized carbons (Fsp3) is 0.231. The SMILES string of the molecule is Cc1nn(C)c(C)c1/C=N\Nc1ccc(F)cc1F. The van der Waals surface area contributed by atoms with Crippen LogP contribution in [-0.2, 0) is 7.05 Å². The van der Waals surface area contributed by atoms with Crippen molar-refractivity contribution in [2.24, 2.45) is 12.1 Å². The number of hydrogen-bond donors (Lipinski definition) is 1. The standard InChI is InChI=1S/C13H14F2N4/c1-8-11(9(2)19(3)18-8)7-16-17-13-5-4-10(14)6-12(13)15/h4-7,17H,1-3H3/b16-7-. The van der Waals surface area contributed by atoms with Crippen LogP contribution in [0.15, 0.2) is 23.3 Å². The first-order chi connectivity index (χ1) is 8.99. The minimum Gasteiger partial charge on any atom is -0.276 e. The maximum absolute atomic E-state index is 13.3. The molecule has 0 saturated carbocycles. The van der Waals surface area contributed by atoms with Crippen LogP contribution >= 0.6 is 0 Å². The number of hydrogen-bond acceptors (Lipinski definition) is 3. The number of halogens is 2. The molecule has 0 atom stereocenters. The zero-order chi connectivity index (χ0) is 14.0. The van der Waals surface area contributed by atoms with Gasteiger partial charge >= 0.3 is 0 Å². The van der Waals surface area contributed by atoms with Gasteiger partial charge < -0.3 is 0 Å². The largest absolute Gasteiger partial charge is 0.276 e. The van der Waals surface area contributed by atoms with Crippen LogP contribution in [0.4, 0.5) is 14.5 Å². The van der Waals surface area contributed by atoms with Gasteiger partial charge in [0.15, 0.2) is 5.82 Å². The van der Waals surface area contributed by atoms with Gasteiger partial charge in [-0.15, -0.1) is 0 Å². The minimum absolute atomic E-state index is 0.122. The number of hydrazone groups is 1. The third kappa shape index (κ3) is 2.78. The smallest absolute Gasteiger partial charge is 0.151 e. The van der Waals surface area contributed by atoms with Crippen molar-refractivity contribution in [1.29, 1.82) is 0 Å². The van der Waals surface area contributed by atoms with Crippen LogP contribution in [0.25, 0.3) is 0 Å². The number of rotatable bonds is 3. The van der Waals surface area contributed by atoms with Gasteiger partial charge in [-0.25, -0.2) is 8.78 Å². The van der Waals surface area contributed by atoms with Crippen molar-refractivity contribution < 1.29 is 8.78 Å². The monoisotopic (exact) mass is 264 g/mol. The molecular formula is C13H14F2N4. The summed E-state index contributed by atoms with van der Waals surface area (Å²) in [7, 11) is 1.84. The van der Waals surface area contributed by atoms with Crippen LogP contribution in [0.3, 0.4) is 0 Å². The number of nitrogens with one attached hydrogen (secondary N) is 1. The average Bonchev–Trinajstić information content (AvgIpc) is 2.58. The quantitative estimate of drug-likeness (QED) is 0.684. The summed E-state index contributed by atoms with van der Waals surface area (Å²) in [5.41, 5.74) is 5.34. The molecule has 0 bridgehead atoms. The second-order valence-electron chi connectivity index (χ2n) is 4.20. The maximum Gasteiger partial charge on any atom is 0.151 e. The van der Waals surface area contributed by atoms with E-state index in [-0.39, 0.29) is 5.69 Å². The summed E-state index contributed by atoms with van der Waals surface area (Å²) in [4.78, 5) is 0. The highest BCUT2D eigenvalue weighted by atomic mass is 19.1. The van der Waals surface area contributed by atoms with Crippen molar-refractivity contribution >= 4 is 11.9 Å². The summed E-state index contributed by atoms with van der Waals surface area (Å²) < 4.78 is 27.8. The Morgan fingerprint density at radius 2 is 2.05 bits per heavy atom. The van der Waals surface area contributed by atoms with Crippen molar-refractivity contribution in [3.63, 3.8) is 0 Å². The van der Waals surface area contributed by atoms with Crippen LogP contribution in [-0.4, -0.2) is 16.0 Å². The fourth-order valence-corrected chi connectivity index (χ4v) is 1.72. The molecular weight excluding hydrogens is 250 g/mol. The first kappa shape index (κ1) is 13.2. The molecule has 100 valence electrons. The van der Waals surface area contributed by atoms with Crippen LogP contribution in [0.1, 0.15) is 17.0 Å². The number of benzene rings is 1. The molecule has 2 aromatic rings. The van der Waals surface area contributed by atoms with Crippen molar-refractivity contribution in [3.05, 3.63) is 46.8 Å². The highest BCUT2D eigenvalue weighted by molar-refractivity contribution is 5.83. The molecule has 0 spiro atoms. The van der Waals surface area contributed by atoms with Crippen molar-refractivity contribution in [3.8, 4) is 0 Å². The van der Waals surface area contributed by atoms with Crippen LogP contribution in [0, 0.1) is 25.5 Å². The molecule has 0 aliphatic carbocycles. The highest BCUT2D eigenvalue weighted by Gasteiger charge is 2.06. The molecule has 0 radical (unpaired) electrons. The third-order valence-corrected chi connectivity index (χ3v) is 2.87. The van der Waals surface area contributed by atoms with Gasteiger partial charge in [0, 0.05) is 24.4 Å². The Kier molecular flexibility index (Phi) is 3.59. The van der Waals surface area contributed by atoms with Crippen LogP contribution < -0.4 is 5.43 Å². The lowest BCUT2D eigenvalue weighted by Gasteiger charge is -2.01. The van der Waals surface area contributed by atoms with E-state index < -0.39 is 11.6 Å². The molecule has 2 rings (SSSR count). The Hall–Kier alpha value is -2.24. The van der Waals surface area contributed by atoms with E-state index in [4.69, 9.17) is 0 Å². The summed E-state index contributed by atoms with van der Waals surface area (Å²) in [6.45, 7) is 3.78. The zero-order valence-corrected chi connectivity index (χ0v) is 10.9. The van der Waals surface area contributed by atoms with Crippen LogP contribution in [0.2, 0.25) is 0 Å². The molecule has 0 fully saturated rings. The predicted molar refractivity (Wildman–Crippen MR) is 70.3 cm³/mol. The Morgan fingerprint density at radius 1 is 1.32 bits per heavy atom. The van der Waals surface area contributed by atoms with E-state index in [2.05, 4.69) is 15.6 Å². The van der Waals surface area contributed by atoms with Crippen molar-refractivity contribution in [2.75, 3.05) is 5.43 Å². The van der Waals surface area contributed by atoms with Gasteiger partial charge in [0.25, 0.3) is 0 Å². The molecule has 19 heavy (non-hydrogen) atoms. The molecule has 0 unspecified atom stereocenters. The topological polar surface area (TPSA) is 42.2 Å². The molecule has 0 amide bonds. The molecule has 4 nitrogen and oxygen atoms in total. The summed E-state index contributed by atoms with van der Waals surface area (Å²) in [5.74, 6) is -1.30. The maximum atomic E-state index is 13.3. The van der Waals surface area contributed by atoms with E-state index in [1.54, 1.807) is 10.9 Å². The Bertz CT molecular complexity index is 632. The number of nitrogens with zero attached hydrogens (tertiary/aromatic N) is 3. The van der Waals surface area contributed by atoms with Gasteiger partial charge in [-0.2, -0.15) is 10.2 Å². The lowest BCUT2D eigenvalue weighted by atomic mass is 10.2. The lowest BCUT2D eigenvalue weighted by Crippen LogP contribution is -1.96. The lowest BCUT2D eigenvalue weighted by molar-refractivity contribution is 0.585. The van der Waals surface area contributed by atoms with Gasteiger partial charge in [0.1, 0.15) is 5.82 Å². The summed E-state index contributed by atoms with van der Waals surface area (Å²) in [6, 6.07) is 3.27.